The average molecular weight is 485 g/mol. The third-order valence-electron chi connectivity index (χ3n) is 5.35. The van der Waals surface area contributed by atoms with Crippen LogP contribution in [0.4, 0.5) is 5.69 Å². The predicted octanol–water partition coefficient (Wildman–Crippen LogP) is 3.31. The molecule has 9 nitrogen and oxygen atoms in total. The molecule has 1 aliphatic heterocycles. The average Bonchev–Trinajstić information content (AvgIpc) is 3.47. The number of hydrogen-bond acceptors (Lipinski definition) is 5. The summed E-state index contributed by atoms with van der Waals surface area (Å²) in [7, 11) is 0. The monoisotopic (exact) mass is 484 g/mol. The Morgan fingerprint density at radius 1 is 1.12 bits per heavy atom. The summed E-state index contributed by atoms with van der Waals surface area (Å²) in [4.78, 5) is 38.0. The van der Waals surface area contributed by atoms with E-state index in [1.807, 2.05) is 6.92 Å². The number of rotatable bonds is 7. The summed E-state index contributed by atoms with van der Waals surface area (Å²) in [5.41, 5.74) is 3.71. The maximum Gasteiger partial charge on any atom is 0.328 e. The van der Waals surface area contributed by atoms with E-state index < -0.39 is 17.7 Å². The quantitative estimate of drug-likeness (QED) is 0.445. The van der Waals surface area contributed by atoms with Gasteiger partial charge in [-0.2, -0.15) is 0 Å². The van der Waals surface area contributed by atoms with E-state index in [0.29, 0.717) is 40.6 Å². The van der Waals surface area contributed by atoms with E-state index >= 15 is 0 Å². The molecule has 4 rings (SSSR count). The molecule has 0 radical (unpaired) electrons. The number of nitrogens with one attached hydrogen (secondary N) is 3. The van der Waals surface area contributed by atoms with Gasteiger partial charge < -0.3 is 20.1 Å². The van der Waals surface area contributed by atoms with Crippen molar-refractivity contribution in [2.24, 2.45) is 0 Å². The van der Waals surface area contributed by atoms with E-state index in [-0.39, 0.29) is 18.3 Å². The zero-order valence-electron chi connectivity index (χ0n) is 18.6. The number of aromatic nitrogens is 1. The summed E-state index contributed by atoms with van der Waals surface area (Å²) in [5.74, 6) is -1.51. The van der Waals surface area contributed by atoms with Crippen molar-refractivity contribution in [1.29, 1.82) is 0 Å². The van der Waals surface area contributed by atoms with Crippen molar-refractivity contribution >= 4 is 45.9 Å². The molecule has 10 heteroatoms. The number of nitrogens with zero attached hydrogens (tertiary/aromatic N) is 1. The van der Waals surface area contributed by atoms with Gasteiger partial charge in [0.1, 0.15) is 11.4 Å². The maximum absolute atomic E-state index is 13.1. The maximum atomic E-state index is 13.1. The Hall–Kier alpha value is -3.56. The Bertz CT molecular complexity index is 1200. The first-order chi connectivity index (χ1) is 16.4. The van der Waals surface area contributed by atoms with Crippen LogP contribution in [-0.4, -0.2) is 48.3 Å². The van der Waals surface area contributed by atoms with Crippen LogP contribution in [0.25, 0.3) is 10.9 Å². The first kappa shape index (κ1) is 23.6. The minimum Gasteiger partial charge on any atom is -0.494 e. The summed E-state index contributed by atoms with van der Waals surface area (Å²) in [6, 6.07) is 13.5. The molecule has 0 unspecified atom stereocenters. The number of hydrogen-bond donors (Lipinski definition) is 3. The lowest BCUT2D eigenvalue weighted by Crippen LogP contribution is -2.42. The van der Waals surface area contributed by atoms with Gasteiger partial charge in [-0.25, -0.2) is 4.68 Å². The zero-order chi connectivity index (χ0) is 24.1. The van der Waals surface area contributed by atoms with Gasteiger partial charge in [0.2, 0.25) is 0 Å². The van der Waals surface area contributed by atoms with E-state index in [0.717, 1.165) is 12.8 Å². The topological polar surface area (TPSA) is 111 Å². The second kappa shape index (κ2) is 10.6. The number of carbonyl (C=O) groups excluding carboxylic acids is 3. The van der Waals surface area contributed by atoms with Gasteiger partial charge in [-0.15, -0.1) is 0 Å². The fraction of sp³-hybridized carbons (Fsp3) is 0.292. The number of anilines is 1. The molecule has 2 heterocycles. The second-order valence-corrected chi connectivity index (χ2v) is 8.20. The Morgan fingerprint density at radius 2 is 1.91 bits per heavy atom. The predicted molar refractivity (Wildman–Crippen MR) is 129 cm³/mol. The highest BCUT2D eigenvalue weighted by molar-refractivity contribution is 6.38. The lowest BCUT2D eigenvalue weighted by Gasteiger charge is -2.14. The Balaban J connectivity index is 1.53. The molecule has 3 N–H and O–H groups in total. The number of fused-ring (bicyclic) bond motifs is 1. The fourth-order valence-corrected chi connectivity index (χ4v) is 3.90. The minimum absolute atomic E-state index is 0.0956. The summed E-state index contributed by atoms with van der Waals surface area (Å²) in [5, 5.41) is 6.47. The molecule has 2 aromatic carbocycles. The van der Waals surface area contributed by atoms with Gasteiger partial charge in [-0.1, -0.05) is 11.6 Å². The van der Waals surface area contributed by atoms with Crippen LogP contribution in [0.15, 0.2) is 48.5 Å². The highest BCUT2D eigenvalue weighted by atomic mass is 35.5. The molecular weight excluding hydrogens is 460 g/mol. The Labute approximate surface area is 201 Å². The van der Waals surface area contributed by atoms with E-state index in [1.165, 1.54) is 4.68 Å². The molecule has 0 aliphatic carbocycles. The fourth-order valence-electron chi connectivity index (χ4n) is 3.71. The van der Waals surface area contributed by atoms with Gasteiger partial charge in [-0.3, -0.25) is 19.8 Å². The van der Waals surface area contributed by atoms with Crippen molar-refractivity contribution in [2.45, 2.75) is 25.9 Å². The second-order valence-electron chi connectivity index (χ2n) is 7.77. The SMILES string of the molecule is CCOc1ccc(NC(=O)c2cc3cc(Cl)ccc3n2NC(=O)C(=O)NC[C@@H]2CCCO2)cc1. The molecule has 1 aromatic heterocycles. The number of halogens is 1. The zero-order valence-corrected chi connectivity index (χ0v) is 19.4. The van der Waals surface area contributed by atoms with E-state index in [2.05, 4.69) is 16.1 Å². The molecule has 178 valence electrons. The molecule has 3 amide bonds. The Morgan fingerprint density at radius 3 is 2.62 bits per heavy atom. The molecule has 3 aromatic rings. The van der Waals surface area contributed by atoms with E-state index in [1.54, 1.807) is 48.5 Å². The molecular formula is C24H25ClN4O5. The van der Waals surface area contributed by atoms with Crippen LogP contribution in [-0.2, 0) is 14.3 Å². The highest BCUT2D eigenvalue weighted by Gasteiger charge is 2.23. The van der Waals surface area contributed by atoms with Crippen LogP contribution in [0.1, 0.15) is 30.3 Å². The van der Waals surface area contributed by atoms with Crippen molar-refractivity contribution in [2.75, 3.05) is 30.5 Å². The van der Waals surface area contributed by atoms with Gasteiger partial charge in [0.15, 0.2) is 0 Å². The summed E-state index contributed by atoms with van der Waals surface area (Å²) < 4.78 is 12.2. The third kappa shape index (κ3) is 5.49. The van der Waals surface area contributed by atoms with Crippen LogP contribution >= 0.6 is 11.6 Å². The smallest absolute Gasteiger partial charge is 0.328 e. The summed E-state index contributed by atoms with van der Waals surface area (Å²) in [6.45, 7) is 3.32. The molecule has 1 fully saturated rings. The first-order valence-electron chi connectivity index (χ1n) is 11.0. The van der Waals surface area contributed by atoms with Crippen molar-refractivity contribution in [1.82, 2.24) is 9.99 Å². The van der Waals surface area contributed by atoms with Gasteiger partial charge >= 0.3 is 11.8 Å². The van der Waals surface area contributed by atoms with Gasteiger partial charge in [0, 0.05) is 29.2 Å². The van der Waals surface area contributed by atoms with Crippen molar-refractivity contribution in [3.63, 3.8) is 0 Å². The lowest BCUT2D eigenvalue weighted by atomic mass is 10.2. The number of ether oxygens (including phenoxy) is 2. The van der Waals surface area contributed by atoms with Crippen molar-refractivity contribution in [3.05, 3.63) is 59.2 Å². The standard InChI is InChI=1S/C24H25ClN4O5/c1-2-33-18-8-6-17(7-9-18)27-22(30)21-13-15-12-16(25)5-10-20(15)29(21)28-24(32)23(31)26-14-19-4-3-11-34-19/h5-10,12-13,19H,2-4,11,14H2,1H3,(H,26,31)(H,27,30)(H,28,32)/t19-/m0/s1. The van der Waals surface area contributed by atoms with Crippen LogP contribution in [0.2, 0.25) is 5.02 Å². The molecule has 34 heavy (non-hydrogen) atoms. The molecule has 0 spiro atoms. The normalized spacial score (nSPS) is 15.2. The van der Waals surface area contributed by atoms with Crippen LogP contribution in [0, 0.1) is 0 Å². The molecule has 0 bridgehead atoms. The molecule has 0 saturated carbocycles. The lowest BCUT2D eigenvalue weighted by molar-refractivity contribution is -0.136. The molecule has 1 atom stereocenters. The van der Waals surface area contributed by atoms with Gasteiger partial charge in [-0.05, 0) is 68.3 Å². The molecule has 1 aliphatic rings. The summed E-state index contributed by atoms with van der Waals surface area (Å²) in [6.07, 6.45) is 1.67. The molecule has 1 saturated heterocycles. The largest absolute Gasteiger partial charge is 0.494 e. The van der Waals surface area contributed by atoms with E-state index in [4.69, 9.17) is 21.1 Å². The van der Waals surface area contributed by atoms with Gasteiger partial charge in [0.25, 0.3) is 5.91 Å². The minimum atomic E-state index is -0.902. The number of benzene rings is 2. The highest BCUT2D eigenvalue weighted by Crippen LogP contribution is 2.24. The third-order valence-corrected chi connectivity index (χ3v) is 5.59. The number of amides is 3. The van der Waals surface area contributed by atoms with Crippen LogP contribution in [0.3, 0.4) is 0 Å². The van der Waals surface area contributed by atoms with Crippen molar-refractivity contribution in [3.8, 4) is 5.75 Å². The first-order valence-corrected chi connectivity index (χ1v) is 11.4. The van der Waals surface area contributed by atoms with Gasteiger partial charge in [0.05, 0.1) is 18.2 Å². The van der Waals surface area contributed by atoms with Crippen LogP contribution in [0.5, 0.6) is 5.75 Å². The number of carbonyl (C=O) groups is 3. The Kier molecular flexibility index (Phi) is 7.34. The summed E-state index contributed by atoms with van der Waals surface area (Å²) >= 11 is 6.10. The van der Waals surface area contributed by atoms with Crippen LogP contribution < -0.4 is 20.8 Å². The van der Waals surface area contributed by atoms with E-state index in [9.17, 15) is 14.4 Å². The van der Waals surface area contributed by atoms with Crippen molar-refractivity contribution < 1.29 is 23.9 Å².